The van der Waals surface area contributed by atoms with Crippen molar-refractivity contribution in [1.82, 2.24) is 15.3 Å². The van der Waals surface area contributed by atoms with Crippen LogP contribution in [0.25, 0.3) is 21.5 Å². The number of rotatable bonds is 10. The fourth-order valence-corrected chi connectivity index (χ4v) is 8.50. The molecule has 4 aromatic carbocycles. The van der Waals surface area contributed by atoms with E-state index in [4.69, 9.17) is 27.9 Å². The van der Waals surface area contributed by atoms with Crippen LogP contribution >= 0.6 is 23.2 Å². The van der Waals surface area contributed by atoms with Crippen molar-refractivity contribution in [2.24, 2.45) is 0 Å². The SMILES string of the molecule is CCNC(=O)OC1CCC(CNc2nccc3ccccc23)(c2ccccc2)CC1.ClCCl.OC1CCC(CNc2nccc3ccccc23)(c2ccccc2)CC1. The molecule has 4 N–H and O–H groups in total. The number of carbonyl (C=O) groups is 1. The summed E-state index contributed by atoms with van der Waals surface area (Å²) in [5.41, 5.74) is 2.73. The van der Waals surface area contributed by atoms with Crippen molar-refractivity contribution in [3.05, 3.63) is 145 Å². The van der Waals surface area contributed by atoms with Gasteiger partial charge in [0, 0.05) is 53.6 Å². The molecule has 8 nitrogen and oxygen atoms in total. The number of aromatic nitrogens is 2. The fraction of sp³-hybridized carbons (Fsp3) is 0.354. The van der Waals surface area contributed by atoms with Gasteiger partial charge in [0.05, 0.1) is 11.4 Å². The predicted molar refractivity (Wildman–Crippen MR) is 240 cm³/mol. The van der Waals surface area contributed by atoms with Gasteiger partial charge in [-0.2, -0.15) is 0 Å². The lowest BCUT2D eigenvalue weighted by molar-refractivity contribution is 0.0594. The number of anilines is 2. The molecule has 2 heterocycles. The lowest BCUT2D eigenvalue weighted by Gasteiger charge is -2.40. The molecule has 6 aromatic rings. The Balaban J connectivity index is 0.000000186. The number of nitrogens with one attached hydrogen (secondary N) is 3. The molecule has 10 heteroatoms. The number of amides is 1. The minimum Gasteiger partial charge on any atom is -0.446 e. The molecule has 0 aliphatic heterocycles. The minimum atomic E-state index is -0.312. The number of benzene rings is 4. The molecule has 304 valence electrons. The highest BCUT2D eigenvalue weighted by Gasteiger charge is 2.38. The molecule has 0 saturated heterocycles. The first-order chi connectivity index (χ1) is 28.4. The number of fused-ring (bicyclic) bond motifs is 2. The summed E-state index contributed by atoms with van der Waals surface area (Å²) in [6.07, 6.45) is 10.6. The number of alkyl carbamates (subject to hydrolysis) is 1. The third kappa shape index (κ3) is 11.0. The van der Waals surface area contributed by atoms with E-state index in [1.807, 2.05) is 43.6 Å². The van der Waals surface area contributed by atoms with Crippen LogP contribution in [0.2, 0.25) is 0 Å². The van der Waals surface area contributed by atoms with Gasteiger partial charge in [-0.05, 0) is 92.3 Å². The van der Waals surface area contributed by atoms with Crippen LogP contribution in [-0.2, 0) is 15.6 Å². The van der Waals surface area contributed by atoms with Crippen molar-refractivity contribution in [2.75, 3.05) is 35.6 Å². The van der Waals surface area contributed by atoms with Crippen molar-refractivity contribution in [2.45, 2.75) is 81.3 Å². The standard InChI is InChI=1S/C25H29N3O2.C22H24N2O.CH2Cl2/c1-2-26-24(29)30-21-12-15-25(16-13-21,20-9-4-3-5-10-20)18-28-23-22-11-7-6-8-19(22)14-17-27-23;25-19-10-13-22(14-11-19,18-7-2-1-3-8-18)16-24-21-20-9-5-4-6-17(20)12-15-23-21;2-1-3/h3-11,14,17,21H,2,12-13,15-16,18H2,1H3,(H,26,29)(H,27,28);1-9,12,15,19,25H,10-11,13-14,16H2,(H,23,24);1H2. The van der Waals surface area contributed by atoms with Gasteiger partial charge in [-0.25, -0.2) is 14.8 Å². The van der Waals surface area contributed by atoms with Gasteiger partial charge in [-0.15, -0.1) is 23.2 Å². The van der Waals surface area contributed by atoms with Crippen LogP contribution in [0.1, 0.15) is 69.4 Å². The van der Waals surface area contributed by atoms with E-state index < -0.39 is 0 Å². The Kier molecular flexibility index (Phi) is 15.6. The number of ether oxygens (including phenoxy) is 1. The van der Waals surface area contributed by atoms with Gasteiger partial charge in [0.25, 0.3) is 0 Å². The number of hydrogen-bond donors (Lipinski definition) is 4. The summed E-state index contributed by atoms with van der Waals surface area (Å²) in [4.78, 5) is 21.0. The van der Waals surface area contributed by atoms with E-state index in [1.165, 1.54) is 21.9 Å². The Morgan fingerprint density at radius 2 is 1.07 bits per heavy atom. The molecule has 2 aliphatic rings. The average Bonchev–Trinajstić information content (AvgIpc) is 3.27. The number of hydrogen-bond acceptors (Lipinski definition) is 7. The molecule has 0 spiro atoms. The predicted octanol–water partition coefficient (Wildman–Crippen LogP) is 11.2. The summed E-state index contributed by atoms with van der Waals surface area (Å²) in [5.74, 6) is 1.86. The normalized spacial score (nSPS) is 21.4. The molecule has 2 aromatic heterocycles. The van der Waals surface area contributed by atoms with Gasteiger partial charge in [0.15, 0.2) is 0 Å². The molecule has 0 bridgehead atoms. The van der Waals surface area contributed by atoms with Crippen molar-refractivity contribution in [3.63, 3.8) is 0 Å². The lowest BCUT2D eigenvalue weighted by atomic mass is 9.68. The van der Waals surface area contributed by atoms with Gasteiger partial charge in [-0.1, -0.05) is 109 Å². The molecule has 0 unspecified atom stereocenters. The second-order valence-electron chi connectivity index (χ2n) is 15.2. The quantitative estimate of drug-likeness (QED) is 0.102. The van der Waals surface area contributed by atoms with E-state index >= 15 is 0 Å². The summed E-state index contributed by atoms with van der Waals surface area (Å²) < 4.78 is 5.60. The smallest absolute Gasteiger partial charge is 0.407 e. The van der Waals surface area contributed by atoms with E-state index in [1.54, 1.807) is 0 Å². The van der Waals surface area contributed by atoms with Crippen molar-refractivity contribution in [1.29, 1.82) is 0 Å². The maximum Gasteiger partial charge on any atom is 0.407 e. The highest BCUT2D eigenvalue weighted by molar-refractivity contribution is 6.40. The van der Waals surface area contributed by atoms with Gasteiger partial charge >= 0.3 is 6.09 Å². The van der Waals surface area contributed by atoms with Crippen LogP contribution in [0.4, 0.5) is 16.4 Å². The first-order valence-electron chi connectivity index (χ1n) is 20.4. The minimum absolute atomic E-state index is 0.0129. The topological polar surface area (TPSA) is 108 Å². The van der Waals surface area contributed by atoms with Crippen molar-refractivity contribution >= 4 is 62.5 Å². The first-order valence-corrected chi connectivity index (χ1v) is 21.5. The Morgan fingerprint density at radius 3 is 1.52 bits per heavy atom. The molecular formula is C48H55Cl2N5O3. The van der Waals surface area contributed by atoms with Crippen LogP contribution in [0, 0.1) is 0 Å². The van der Waals surface area contributed by atoms with Gasteiger partial charge in [-0.3, -0.25) is 0 Å². The largest absolute Gasteiger partial charge is 0.446 e. The first kappa shape index (κ1) is 42.7. The molecular weight excluding hydrogens is 765 g/mol. The van der Waals surface area contributed by atoms with Gasteiger partial charge in [0.1, 0.15) is 17.7 Å². The summed E-state index contributed by atoms with van der Waals surface area (Å²) in [7, 11) is 0. The molecule has 2 saturated carbocycles. The van der Waals surface area contributed by atoms with Crippen LogP contribution in [0.5, 0.6) is 0 Å². The zero-order valence-corrected chi connectivity index (χ0v) is 34.8. The highest BCUT2D eigenvalue weighted by Crippen LogP contribution is 2.42. The van der Waals surface area contributed by atoms with Gasteiger partial charge < -0.3 is 25.8 Å². The molecule has 2 aliphatic carbocycles. The Bertz CT molecular complexity index is 2150. The van der Waals surface area contributed by atoms with E-state index in [-0.39, 0.29) is 34.5 Å². The molecule has 8 rings (SSSR count). The molecule has 2 fully saturated rings. The van der Waals surface area contributed by atoms with Crippen molar-refractivity contribution < 1.29 is 14.6 Å². The zero-order valence-electron chi connectivity index (χ0n) is 33.3. The Labute approximate surface area is 352 Å². The van der Waals surface area contributed by atoms with E-state index in [0.717, 1.165) is 86.9 Å². The lowest BCUT2D eigenvalue weighted by Crippen LogP contribution is -2.41. The molecule has 1 amide bonds. The van der Waals surface area contributed by atoms with Crippen LogP contribution in [0.15, 0.2) is 134 Å². The third-order valence-electron chi connectivity index (χ3n) is 11.7. The molecule has 0 radical (unpaired) electrons. The number of pyridine rings is 2. The molecule has 0 atom stereocenters. The second kappa shape index (κ2) is 21.2. The number of aliphatic hydroxyl groups is 1. The van der Waals surface area contributed by atoms with Gasteiger partial charge in [0.2, 0.25) is 0 Å². The number of alkyl halides is 2. The van der Waals surface area contributed by atoms with Crippen LogP contribution < -0.4 is 16.0 Å². The average molecular weight is 821 g/mol. The number of nitrogens with zero attached hydrogens (tertiary/aromatic N) is 2. The maximum atomic E-state index is 11.8. The van der Waals surface area contributed by atoms with Crippen LogP contribution in [0.3, 0.4) is 0 Å². The van der Waals surface area contributed by atoms with E-state index in [9.17, 15) is 9.90 Å². The number of halogens is 2. The van der Waals surface area contributed by atoms with Crippen LogP contribution in [-0.4, -0.2) is 58.3 Å². The zero-order chi connectivity index (χ0) is 40.6. The van der Waals surface area contributed by atoms with E-state index in [2.05, 4.69) is 123 Å². The summed E-state index contributed by atoms with van der Waals surface area (Å²) in [6.45, 7) is 4.12. The Hall–Kier alpha value is -4.89. The number of aliphatic hydroxyl groups excluding tert-OH is 1. The molecule has 58 heavy (non-hydrogen) atoms. The Morgan fingerprint density at radius 1 is 0.655 bits per heavy atom. The summed E-state index contributed by atoms with van der Waals surface area (Å²) >= 11 is 9.53. The second-order valence-corrected chi connectivity index (χ2v) is 16.0. The third-order valence-corrected chi connectivity index (χ3v) is 11.7. The van der Waals surface area contributed by atoms with E-state index in [0.29, 0.717) is 6.54 Å². The van der Waals surface area contributed by atoms with Crippen molar-refractivity contribution in [3.8, 4) is 0 Å². The highest BCUT2D eigenvalue weighted by atomic mass is 35.5. The summed E-state index contributed by atoms with van der Waals surface area (Å²) in [6, 6.07) is 42.1. The monoisotopic (exact) mass is 819 g/mol. The number of carbonyl (C=O) groups excluding carboxylic acids is 1. The maximum absolute atomic E-state index is 11.8. The fourth-order valence-electron chi connectivity index (χ4n) is 8.50. The summed E-state index contributed by atoms with van der Waals surface area (Å²) in [5, 5.41) is 24.8.